The van der Waals surface area contributed by atoms with Gasteiger partial charge in [0.05, 0.1) is 19.8 Å². The topological polar surface area (TPSA) is 89.7 Å². The van der Waals surface area contributed by atoms with E-state index in [1.54, 1.807) is 12.1 Å². The standard InChI is InChI=1S/C25H30N2O5/c1-5-30-21-14-19(15-22(31-6-2)23(21)32-7-3)24(28)26-11-10-18-13-17-9-8-16(4)12-20(17)27-25(18)29/h8-9,12-15H,5-7,10-11H2,1-4H3,(H,26,28)(H,27,29). The Morgan fingerprint density at radius 2 is 1.59 bits per heavy atom. The lowest BCUT2D eigenvalue weighted by Gasteiger charge is -2.17. The van der Waals surface area contributed by atoms with Gasteiger partial charge in [-0.2, -0.15) is 0 Å². The molecule has 1 amide bonds. The normalized spacial score (nSPS) is 10.8. The molecule has 0 spiro atoms. The van der Waals surface area contributed by atoms with Crippen molar-refractivity contribution in [2.45, 2.75) is 34.1 Å². The van der Waals surface area contributed by atoms with E-state index >= 15 is 0 Å². The summed E-state index contributed by atoms with van der Waals surface area (Å²) < 4.78 is 17.0. The molecule has 0 bridgehead atoms. The highest BCUT2D eigenvalue weighted by molar-refractivity contribution is 5.95. The highest BCUT2D eigenvalue weighted by atomic mass is 16.5. The molecule has 3 rings (SSSR count). The number of H-pyrrole nitrogens is 1. The minimum absolute atomic E-state index is 0.143. The van der Waals surface area contributed by atoms with Crippen LogP contribution in [0.1, 0.15) is 42.3 Å². The Kier molecular flexibility index (Phi) is 7.76. The monoisotopic (exact) mass is 438 g/mol. The fourth-order valence-electron chi connectivity index (χ4n) is 3.48. The quantitative estimate of drug-likeness (QED) is 0.499. The maximum atomic E-state index is 12.8. The molecule has 0 saturated carbocycles. The van der Waals surface area contributed by atoms with Crippen molar-refractivity contribution in [2.24, 2.45) is 0 Å². The van der Waals surface area contributed by atoms with Crippen molar-refractivity contribution in [1.29, 1.82) is 0 Å². The molecule has 0 unspecified atom stereocenters. The number of hydrogen-bond donors (Lipinski definition) is 2. The number of nitrogens with one attached hydrogen (secondary N) is 2. The van der Waals surface area contributed by atoms with Gasteiger partial charge in [0.1, 0.15) is 0 Å². The Balaban J connectivity index is 1.75. The van der Waals surface area contributed by atoms with Gasteiger partial charge in [-0.25, -0.2) is 0 Å². The first-order valence-corrected chi connectivity index (χ1v) is 10.9. The molecular formula is C25H30N2O5. The molecule has 0 aliphatic carbocycles. The fraction of sp³-hybridized carbons (Fsp3) is 0.360. The molecule has 7 nitrogen and oxygen atoms in total. The third kappa shape index (κ3) is 5.41. The molecule has 0 aliphatic rings. The molecule has 0 saturated heterocycles. The average Bonchev–Trinajstić information content (AvgIpc) is 2.76. The van der Waals surface area contributed by atoms with E-state index in [4.69, 9.17) is 14.2 Å². The summed E-state index contributed by atoms with van der Waals surface area (Å²) in [5, 5.41) is 3.84. The van der Waals surface area contributed by atoms with Crippen molar-refractivity contribution in [3.63, 3.8) is 0 Å². The van der Waals surface area contributed by atoms with Crippen LogP contribution in [0, 0.1) is 6.92 Å². The van der Waals surface area contributed by atoms with Crippen molar-refractivity contribution >= 4 is 16.8 Å². The number of aryl methyl sites for hydroxylation is 1. The second-order valence-electron chi connectivity index (χ2n) is 7.32. The molecule has 0 aliphatic heterocycles. The minimum atomic E-state index is -0.275. The average molecular weight is 439 g/mol. The van der Waals surface area contributed by atoms with Gasteiger partial charge in [0.2, 0.25) is 5.75 Å². The number of carbonyl (C=O) groups is 1. The fourth-order valence-corrected chi connectivity index (χ4v) is 3.48. The third-order valence-corrected chi connectivity index (χ3v) is 4.93. The molecule has 2 aromatic carbocycles. The Labute approximate surface area is 187 Å². The molecule has 170 valence electrons. The lowest BCUT2D eigenvalue weighted by Crippen LogP contribution is -2.27. The van der Waals surface area contributed by atoms with Crippen LogP contribution >= 0.6 is 0 Å². The first kappa shape index (κ1) is 23.2. The van der Waals surface area contributed by atoms with Crippen molar-refractivity contribution in [1.82, 2.24) is 10.3 Å². The molecule has 7 heteroatoms. The number of benzene rings is 2. The lowest BCUT2D eigenvalue weighted by molar-refractivity contribution is 0.0953. The van der Waals surface area contributed by atoms with E-state index in [2.05, 4.69) is 10.3 Å². The molecule has 1 heterocycles. The number of hydrogen-bond acceptors (Lipinski definition) is 5. The Morgan fingerprint density at radius 3 is 2.22 bits per heavy atom. The number of rotatable bonds is 10. The van der Waals surface area contributed by atoms with Crippen LogP contribution in [0.15, 0.2) is 41.2 Å². The van der Waals surface area contributed by atoms with Crippen LogP contribution in [0.4, 0.5) is 0 Å². The summed E-state index contributed by atoms with van der Waals surface area (Å²) in [4.78, 5) is 28.1. The van der Waals surface area contributed by atoms with Gasteiger partial charge in [-0.3, -0.25) is 9.59 Å². The molecule has 0 fully saturated rings. The Bertz CT molecular complexity index is 1130. The maximum absolute atomic E-state index is 12.8. The van der Waals surface area contributed by atoms with Crippen LogP contribution < -0.4 is 25.1 Å². The number of carbonyl (C=O) groups excluding carboxylic acids is 1. The van der Waals surface area contributed by atoms with Crippen LogP contribution in [0.5, 0.6) is 17.2 Å². The van der Waals surface area contributed by atoms with E-state index in [1.807, 2.05) is 52.0 Å². The van der Waals surface area contributed by atoms with E-state index in [-0.39, 0.29) is 11.5 Å². The van der Waals surface area contributed by atoms with Gasteiger partial charge in [-0.05, 0) is 69.3 Å². The SMILES string of the molecule is CCOc1cc(C(=O)NCCc2cc3ccc(C)cc3[nH]c2=O)cc(OCC)c1OCC. The van der Waals surface area contributed by atoms with Crippen LogP contribution in [0.25, 0.3) is 10.9 Å². The van der Waals surface area contributed by atoms with Gasteiger partial charge in [0.25, 0.3) is 11.5 Å². The van der Waals surface area contributed by atoms with E-state index in [1.165, 1.54) is 0 Å². The summed E-state index contributed by atoms with van der Waals surface area (Å²) >= 11 is 0. The van der Waals surface area contributed by atoms with Gasteiger partial charge in [-0.15, -0.1) is 0 Å². The van der Waals surface area contributed by atoms with Crippen molar-refractivity contribution in [3.8, 4) is 17.2 Å². The van der Waals surface area contributed by atoms with Gasteiger partial charge in [0, 0.05) is 23.2 Å². The predicted octanol–water partition coefficient (Wildman–Crippen LogP) is 4.01. The summed E-state index contributed by atoms with van der Waals surface area (Å²) in [5.74, 6) is 1.15. The molecule has 0 radical (unpaired) electrons. The predicted molar refractivity (Wildman–Crippen MR) is 125 cm³/mol. The number of amides is 1. The summed E-state index contributed by atoms with van der Waals surface area (Å²) in [7, 11) is 0. The highest BCUT2D eigenvalue weighted by Gasteiger charge is 2.18. The molecule has 1 aromatic heterocycles. The van der Waals surface area contributed by atoms with Gasteiger partial charge in [-0.1, -0.05) is 12.1 Å². The first-order chi connectivity index (χ1) is 15.5. The molecule has 32 heavy (non-hydrogen) atoms. The second kappa shape index (κ2) is 10.7. The van der Waals surface area contributed by atoms with Gasteiger partial charge < -0.3 is 24.5 Å². The number of ether oxygens (including phenoxy) is 3. The van der Waals surface area contributed by atoms with E-state index < -0.39 is 0 Å². The maximum Gasteiger partial charge on any atom is 0.251 e. The third-order valence-electron chi connectivity index (χ3n) is 4.93. The molecule has 3 aromatic rings. The first-order valence-electron chi connectivity index (χ1n) is 10.9. The Hall–Kier alpha value is -3.48. The second-order valence-corrected chi connectivity index (χ2v) is 7.32. The molecule has 0 atom stereocenters. The zero-order chi connectivity index (χ0) is 23.1. The van der Waals surface area contributed by atoms with E-state index in [9.17, 15) is 9.59 Å². The molecule has 2 N–H and O–H groups in total. The van der Waals surface area contributed by atoms with Crippen molar-refractivity contribution < 1.29 is 19.0 Å². The van der Waals surface area contributed by atoms with Crippen LogP contribution in [-0.2, 0) is 6.42 Å². The van der Waals surface area contributed by atoms with Gasteiger partial charge >= 0.3 is 0 Å². The number of fused-ring (bicyclic) bond motifs is 1. The number of pyridine rings is 1. The van der Waals surface area contributed by atoms with Crippen LogP contribution in [-0.4, -0.2) is 37.3 Å². The highest BCUT2D eigenvalue weighted by Crippen LogP contribution is 2.39. The van der Waals surface area contributed by atoms with Crippen LogP contribution in [0.2, 0.25) is 0 Å². The van der Waals surface area contributed by atoms with Gasteiger partial charge in [0.15, 0.2) is 11.5 Å². The summed E-state index contributed by atoms with van der Waals surface area (Å²) in [6.45, 7) is 9.22. The smallest absolute Gasteiger partial charge is 0.251 e. The summed E-state index contributed by atoms with van der Waals surface area (Å²) in [6, 6.07) is 11.1. The van der Waals surface area contributed by atoms with E-state index in [0.717, 1.165) is 16.5 Å². The zero-order valence-electron chi connectivity index (χ0n) is 19.0. The van der Waals surface area contributed by atoms with E-state index in [0.29, 0.717) is 61.2 Å². The lowest BCUT2D eigenvalue weighted by atomic mass is 10.1. The van der Waals surface area contributed by atoms with Crippen LogP contribution in [0.3, 0.4) is 0 Å². The Morgan fingerprint density at radius 1 is 0.938 bits per heavy atom. The largest absolute Gasteiger partial charge is 0.490 e. The molecular weight excluding hydrogens is 408 g/mol. The minimum Gasteiger partial charge on any atom is -0.490 e. The summed E-state index contributed by atoms with van der Waals surface area (Å²) in [5.41, 5.74) is 2.78. The number of aromatic amines is 1. The zero-order valence-corrected chi connectivity index (χ0v) is 19.0. The van der Waals surface area contributed by atoms with Crippen molar-refractivity contribution in [2.75, 3.05) is 26.4 Å². The summed E-state index contributed by atoms with van der Waals surface area (Å²) in [6.07, 6.45) is 0.415. The van der Waals surface area contributed by atoms with Crippen molar-refractivity contribution in [3.05, 3.63) is 63.4 Å². The number of aromatic nitrogens is 1.